The maximum absolute atomic E-state index is 5.77. The molecule has 1 aliphatic rings. The summed E-state index contributed by atoms with van der Waals surface area (Å²) in [6.07, 6.45) is 2.88. The minimum absolute atomic E-state index is 0.273. The monoisotopic (exact) mass is 152 g/mol. The SMILES string of the molecule is Cc1nc2c(o1)CC(N)CC2. The molecule has 2 rings (SSSR count). The number of oxazole rings is 1. The summed E-state index contributed by atoms with van der Waals surface area (Å²) in [5.74, 6) is 1.77. The van der Waals surface area contributed by atoms with Crippen molar-refractivity contribution >= 4 is 0 Å². The molecule has 0 fully saturated rings. The smallest absolute Gasteiger partial charge is 0.191 e. The van der Waals surface area contributed by atoms with Crippen molar-refractivity contribution in [3.63, 3.8) is 0 Å². The summed E-state index contributed by atoms with van der Waals surface area (Å²) in [7, 11) is 0. The van der Waals surface area contributed by atoms with E-state index >= 15 is 0 Å². The second-order valence-electron chi connectivity index (χ2n) is 3.11. The molecule has 11 heavy (non-hydrogen) atoms. The Labute approximate surface area is 65.6 Å². The predicted octanol–water partition coefficient (Wildman–Crippen LogP) is 0.799. The molecule has 0 saturated carbocycles. The first-order valence-electron chi connectivity index (χ1n) is 3.96. The zero-order valence-electron chi connectivity index (χ0n) is 6.63. The van der Waals surface area contributed by atoms with E-state index < -0.39 is 0 Å². The van der Waals surface area contributed by atoms with E-state index in [1.165, 1.54) is 0 Å². The highest BCUT2D eigenvalue weighted by molar-refractivity contribution is 5.14. The Kier molecular flexibility index (Phi) is 1.46. The first-order chi connectivity index (χ1) is 5.25. The number of rotatable bonds is 0. The molecule has 0 aliphatic heterocycles. The van der Waals surface area contributed by atoms with Crippen LogP contribution < -0.4 is 5.73 Å². The lowest BCUT2D eigenvalue weighted by Gasteiger charge is -2.14. The topological polar surface area (TPSA) is 52.0 Å². The normalized spacial score (nSPS) is 23.3. The summed E-state index contributed by atoms with van der Waals surface area (Å²) in [4.78, 5) is 4.26. The lowest BCUT2D eigenvalue weighted by molar-refractivity contribution is 0.433. The second-order valence-corrected chi connectivity index (χ2v) is 3.11. The average Bonchev–Trinajstić information content (AvgIpc) is 2.27. The number of fused-ring (bicyclic) bond motifs is 1. The highest BCUT2D eigenvalue weighted by Gasteiger charge is 2.20. The molecular weight excluding hydrogens is 140 g/mol. The second kappa shape index (κ2) is 2.34. The molecule has 1 aromatic rings. The molecule has 0 amide bonds. The number of aryl methyl sites for hydroxylation is 2. The van der Waals surface area contributed by atoms with Crippen molar-refractivity contribution in [1.29, 1.82) is 0 Å². The van der Waals surface area contributed by atoms with Crippen LogP contribution in [0.15, 0.2) is 4.42 Å². The van der Waals surface area contributed by atoms with E-state index in [0.29, 0.717) is 0 Å². The quantitative estimate of drug-likeness (QED) is 0.598. The number of hydrogen-bond donors (Lipinski definition) is 1. The molecule has 1 atom stereocenters. The summed E-state index contributed by atoms with van der Waals surface area (Å²) < 4.78 is 5.39. The number of aromatic nitrogens is 1. The van der Waals surface area contributed by atoms with E-state index in [0.717, 1.165) is 36.6 Å². The van der Waals surface area contributed by atoms with Gasteiger partial charge in [-0.2, -0.15) is 0 Å². The van der Waals surface area contributed by atoms with Gasteiger partial charge in [-0.05, 0) is 12.8 Å². The highest BCUT2D eigenvalue weighted by Crippen LogP contribution is 2.20. The molecule has 0 spiro atoms. The van der Waals surface area contributed by atoms with Crippen molar-refractivity contribution in [2.24, 2.45) is 5.73 Å². The summed E-state index contributed by atoms with van der Waals surface area (Å²) in [6, 6.07) is 0.273. The first kappa shape index (κ1) is 6.85. The minimum Gasteiger partial charge on any atom is -0.446 e. The molecule has 0 saturated heterocycles. The van der Waals surface area contributed by atoms with Gasteiger partial charge in [-0.15, -0.1) is 0 Å². The third-order valence-electron chi connectivity index (χ3n) is 2.08. The number of hydrogen-bond acceptors (Lipinski definition) is 3. The van der Waals surface area contributed by atoms with Crippen LogP contribution in [0.25, 0.3) is 0 Å². The Morgan fingerprint density at radius 1 is 1.64 bits per heavy atom. The molecular formula is C8H12N2O. The maximum atomic E-state index is 5.77. The van der Waals surface area contributed by atoms with Crippen molar-refractivity contribution < 1.29 is 4.42 Å². The number of nitrogens with zero attached hydrogens (tertiary/aromatic N) is 1. The molecule has 1 aliphatic carbocycles. The molecule has 1 aromatic heterocycles. The Hall–Kier alpha value is -0.830. The molecule has 3 nitrogen and oxygen atoms in total. The lowest BCUT2D eigenvalue weighted by Crippen LogP contribution is -2.27. The molecule has 1 unspecified atom stereocenters. The van der Waals surface area contributed by atoms with Gasteiger partial charge in [0.1, 0.15) is 5.76 Å². The first-order valence-corrected chi connectivity index (χ1v) is 3.96. The Morgan fingerprint density at radius 3 is 3.27 bits per heavy atom. The molecule has 2 N–H and O–H groups in total. The van der Waals surface area contributed by atoms with Crippen LogP contribution in [-0.4, -0.2) is 11.0 Å². The van der Waals surface area contributed by atoms with Crippen LogP contribution >= 0.6 is 0 Å². The van der Waals surface area contributed by atoms with Gasteiger partial charge in [0.05, 0.1) is 5.69 Å². The summed E-state index contributed by atoms with van der Waals surface area (Å²) in [5.41, 5.74) is 6.89. The minimum atomic E-state index is 0.273. The molecule has 3 heteroatoms. The fraction of sp³-hybridized carbons (Fsp3) is 0.625. The fourth-order valence-electron chi connectivity index (χ4n) is 1.53. The number of nitrogens with two attached hydrogens (primary N) is 1. The van der Waals surface area contributed by atoms with Gasteiger partial charge in [0.2, 0.25) is 0 Å². The Bertz CT molecular complexity index is 267. The van der Waals surface area contributed by atoms with Crippen molar-refractivity contribution in [2.45, 2.75) is 32.2 Å². The van der Waals surface area contributed by atoms with Crippen molar-refractivity contribution in [2.75, 3.05) is 0 Å². The van der Waals surface area contributed by atoms with Gasteiger partial charge in [-0.25, -0.2) is 4.98 Å². The zero-order valence-corrected chi connectivity index (χ0v) is 6.63. The Morgan fingerprint density at radius 2 is 2.45 bits per heavy atom. The van der Waals surface area contributed by atoms with Gasteiger partial charge in [-0.1, -0.05) is 0 Å². The van der Waals surface area contributed by atoms with Crippen LogP contribution in [0.2, 0.25) is 0 Å². The van der Waals surface area contributed by atoms with Crippen LogP contribution in [-0.2, 0) is 12.8 Å². The van der Waals surface area contributed by atoms with E-state index in [9.17, 15) is 0 Å². The maximum Gasteiger partial charge on any atom is 0.191 e. The summed E-state index contributed by atoms with van der Waals surface area (Å²) in [5, 5.41) is 0. The molecule has 0 bridgehead atoms. The third-order valence-corrected chi connectivity index (χ3v) is 2.08. The van der Waals surface area contributed by atoms with Crippen LogP contribution in [0.1, 0.15) is 23.8 Å². The van der Waals surface area contributed by atoms with E-state index in [4.69, 9.17) is 10.2 Å². The van der Waals surface area contributed by atoms with E-state index in [1.807, 2.05) is 6.92 Å². The van der Waals surface area contributed by atoms with Gasteiger partial charge in [-0.3, -0.25) is 0 Å². The standard InChI is InChI=1S/C8H12N2O/c1-5-10-7-3-2-6(9)4-8(7)11-5/h6H,2-4,9H2,1H3. The zero-order chi connectivity index (χ0) is 7.84. The Balaban J connectivity index is 2.34. The molecule has 1 heterocycles. The van der Waals surface area contributed by atoms with Crippen LogP contribution in [0.5, 0.6) is 0 Å². The van der Waals surface area contributed by atoms with Gasteiger partial charge < -0.3 is 10.2 Å². The van der Waals surface area contributed by atoms with Gasteiger partial charge >= 0.3 is 0 Å². The van der Waals surface area contributed by atoms with Crippen LogP contribution in [0.3, 0.4) is 0 Å². The van der Waals surface area contributed by atoms with Crippen LogP contribution in [0.4, 0.5) is 0 Å². The van der Waals surface area contributed by atoms with E-state index in [-0.39, 0.29) is 6.04 Å². The third kappa shape index (κ3) is 1.16. The highest BCUT2D eigenvalue weighted by atomic mass is 16.4. The lowest BCUT2D eigenvalue weighted by atomic mass is 9.98. The summed E-state index contributed by atoms with van der Waals surface area (Å²) in [6.45, 7) is 1.88. The van der Waals surface area contributed by atoms with Gasteiger partial charge in [0, 0.05) is 19.4 Å². The summed E-state index contributed by atoms with van der Waals surface area (Å²) >= 11 is 0. The van der Waals surface area contributed by atoms with E-state index in [2.05, 4.69) is 4.98 Å². The average molecular weight is 152 g/mol. The molecule has 0 radical (unpaired) electrons. The molecule has 60 valence electrons. The molecule has 0 aromatic carbocycles. The van der Waals surface area contributed by atoms with Crippen molar-refractivity contribution in [1.82, 2.24) is 4.98 Å². The largest absolute Gasteiger partial charge is 0.446 e. The van der Waals surface area contributed by atoms with Crippen molar-refractivity contribution in [3.05, 3.63) is 17.3 Å². The fourth-order valence-corrected chi connectivity index (χ4v) is 1.53. The predicted molar refractivity (Wildman–Crippen MR) is 41.2 cm³/mol. The van der Waals surface area contributed by atoms with Gasteiger partial charge in [0.15, 0.2) is 5.89 Å². The van der Waals surface area contributed by atoms with Gasteiger partial charge in [0.25, 0.3) is 0 Å². The van der Waals surface area contributed by atoms with E-state index in [1.54, 1.807) is 0 Å². The van der Waals surface area contributed by atoms with Crippen LogP contribution in [0, 0.1) is 6.92 Å². The van der Waals surface area contributed by atoms with Crippen molar-refractivity contribution in [3.8, 4) is 0 Å².